The van der Waals surface area contributed by atoms with E-state index in [0.29, 0.717) is 5.69 Å². The number of aromatic nitrogens is 2. The molecule has 0 aliphatic heterocycles. The van der Waals surface area contributed by atoms with Gasteiger partial charge in [0.25, 0.3) is 0 Å². The lowest BCUT2D eigenvalue weighted by Gasteiger charge is -2.05. The van der Waals surface area contributed by atoms with Crippen molar-refractivity contribution in [2.45, 2.75) is 14.4 Å². The number of nitrogens with one attached hydrogen (secondary N) is 1. The van der Waals surface area contributed by atoms with Crippen molar-refractivity contribution in [3.05, 3.63) is 77.1 Å². The number of carbonyl (C=O) groups excluding carboxylic acids is 1. The number of hydrogen-bond acceptors (Lipinski definition) is 6. The van der Waals surface area contributed by atoms with E-state index in [4.69, 9.17) is 11.6 Å². The van der Waals surface area contributed by atoms with Crippen LogP contribution in [0.25, 0.3) is 10.8 Å². The normalized spacial score (nSPS) is 11.0. The minimum Gasteiger partial charge on any atom is -0.325 e. The fourth-order valence-electron chi connectivity index (χ4n) is 2.77. The summed E-state index contributed by atoms with van der Waals surface area (Å²) in [7, 11) is 0. The number of amides is 1. The fraction of sp³-hybridized carbons (Fsp3) is 0.0952. The van der Waals surface area contributed by atoms with Crippen LogP contribution in [0.2, 0.25) is 5.02 Å². The number of carbonyl (C=O) groups is 1. The molecule has 152 valence electrons. The van der Waals surface area contributed by atoms with Crippen LogP contribution < -0.4 is 5.32 Å². The van der Waals surface area contributed by atoms with Crippen LogP contribution in [0.1, 0.15) is 5.56 Å². The summed E-state index contributed by atoms with van der Waals surface area (Å²) in [6.07, 6.45) is 0. The van der Waals surface area contributed by atoms with E-state index in [9.17, 15) is 9.18 Å². The number of anilines is 1. The molecule has 1 N–H and O–H groups in total. The van der Waals surface area contributed by atoms with Gasteiger partial charge in [0, 0.05) is 11.4 Å². The van der Waals surface area contributed by atoms with E-state index in [0.717, 1.165) is 14.4 Å². The van der Waals surface area contributed by atoms with Crippen LogP contribution >= 0.6 is 46.5 Å². The van der Waals surface area contributed by atoms with Gasteiger partial charge in [0.05, 0.1) is 10.8 Å². The second-order valence-electron chi connectivity index (χ2n) is 6.23. The van der Waals surface area contributed by atoms with Gasteiger partial charge in [-0.1, -0.05) is 88.9 Å². The SMILES string of the molecule is O=C(CSc1nnc(SCc2cccc3ccccc23)s1)Nc1ccc(F)c(Cl)c1. The van der Waals surface area contributed by atoms with Crippen molar-refractivity contribution in [3.63, 3.8) is 0 Å². The van der Waals surface area contributed by atoms with Gasteiger partial charge >= 0.3 is 0 Å². The smallest absolute Gasteiger partial charge is 0.234 e. The topological polar surface area (TPSA) is 54.9 Å². The zero-order valence-electron chi connectivity index (χ0n) is 15.5. The van der Waals surface area contributed by atoms with Crippen LogP contribution in [0.3, 0.4) is 0 Å². The number of thioether (sulfide) groups is 2. The average molecular weight is 476 g/mol. The molecule has 0 bridgehead atoms. The van der Waals surface area contributed by atoms with E-state index in [-0.39, 0.29) is 16.7 Å². The Balaban J connectivity index is 1.30. The van der Waals surface area contributed by atoms with Crippen molar-refractivity contribution in [2.24, 2.45) is 0 Å². The van der Waals surface area contributed by atoms with Crippen LogP contribution in [-0.2, 0) is 10.5 Å². The summed E-state index contributed by atoms with van der Waals surface area (Å²) in [4.78, 5) is 12.1. The molecule has 1 amide bonds. The minimum atomic E-state index is -0.522. The molecule has 0 saturated heterocycles. The number of fused-ring (bicyclic) bond motifs is 1. The lowest BCUT2D eigenvalue weighted by atomic mass is 10.1. The maximum Gasteiger partial charge on any atom is 0.234 e. The molecule has 0 aliphatic rings. The zero-order chi connectivity index (χ0) is 20.9. The molecule has 0 aliphatic carbocycles. The van der Waals surface area contributed by atoms with Gasteiger partial charge in [-0.15, -0.1) is 10.2 Å². The Morgan fingerprint density at radius 2 is 1.80 bits per heavy atom. The molecule has 1 heterocycles. The molecule has 0 unspecified atom stereocenters. The van der Waals surface area contributed by atoms with Gasteiger partial charge in [-0.05, 0) is 34.5 Å². The summed E-state index contributed by atoms with van der Waals surface area (Å²) in [5.41, 5.74) is 1.70. The van der Waals surface area contributed by atoms with E-state index in [1.807, 2.05) is 12.1 Å². The standard InChI is InChI=1S/C21H15ClFN3OS3/c22-17-10-15(8-9-18(17)23)24-19(27)12-29-21-26-25-20(30-21)28-11-14-6-3-5-13-4-1-2-7-16(13)14/h1-10H,11-12H2,(H,24,27). The van der Waals surface area contributed by atoms with Gasteiger partial charge in [-0.2, -0.15) is 0 Å². The monoisotopic (exact) mass is 475 g/mol. The van der Waals surface area contributed by atoms with Crippen LogP contribution in [-0.4, -0.2) is 21.9 Å². The molecule has 30 heavy (non-hydrogen) atoms. The first kappa shape index (κ1) is 21.1. The van der Waals surface area contributed by atoms with E-state index in [1.54, 1.807) is 11.8 Å². The summed E-state index contributed by atoms with van der Waals surface area (Å²) in [6, 6.07) is 18.7. The molecular weight excluding hydrogens is 461 g/mol. The van der Waals surface area contributed by atoms with Gasteiger partial charge in [0.2, 0.25) is 5.91 Å². The first-order chi connectivity index (χ1) is 14.6. The fourth-order valence-corrected chi connectivity index (χ4v) is 5.77. The molecule has 4 aromatic rings. The van der Waals surface area contributed by atoms with Gasteiger partial charge in [-0.3, -0.25) is 4.79 Å². The van der Waals surface area contributed by atoms with E-state index < -0.39 is 5.82 Å². The highest BCUT2D eigenvalue weighted by atomic mass is 35.5. The molecule has 0 saturated carbocycles. The molecule has 4 rings (SSSR count). The Morgan fingerprint density at radius 1 is 1.03 bits per heavy atom. The van der Waals surface area contributed by atoms with Crippen molar-refractivity contribution >= 4 is 68.8 Å². The Morgan fingerprint density at radius 3 is 2.63 bits per heavy atom. The number of hydrogen-bond donors (Lipinski definition) is 1. The zero-order valence-corrected chi connectivity index (χ0v) is 18.7. The molecule has 3 aromatic carbocycles. The Labute approximate surface area is 190 Å². The van der Waals surface area contributed by atoms with Crippen LogP contribution in [0.15, 0.2) is 69.3 Å². The predicted molar refractivity (Wildman–Crippen MR) is 124 cm³/mol. The van der Waals surface area contributed by atoms with Gasteiger partial charge in [-0.25, -0.2) is 4.39 Å². The highest BCUT2D eigenvalue weighted by Gasteiger charge is 2.11. The summed E-state index contributed by atoms with van der Waals surface area (Å²) < 4.78 is 14.8. The minimum absolute atomic E-state index is 0.0302. The molecule has 0 fully saturated rings. The molecular formula is C21H15ClFN3OS3. The summed E-state index contributed by atoms with van der Waals surface area (Å²) in [6.45, 7) is 0. The lowest BCUT2D eigenvalue weighted by molar-refractivity contribution is -0.113. The second kappa shape index (κ2) is 9.78. The number of halogens is 2. The van der Waals surface area contributed by atoms with E-state index in [2.05, 4.69) is 45.8 Å². The molecule has 0 radical (unpaired) electrons. The summed E-state index contributed by atoms with van der Waals surface area (Å²) in [5, 5.41) is 13.5. The largest absolute Gasteiger partial charge is 0.325 e. The Kier molecular flexibility index (Phi) is 6.89. The third kappa shape index (κ3) is 5.31. The van der Waals surface area contributed by atoms with Crippen molar-refractivity contribution in [1.82, 2.24) is 10.2 Å². The van der Waals surface area contributed by atoms with E-state index in [1.165, 1.54) is 57.6 Å². The first-order valence-corrected chi connectivity index (χ1v) is 12.1. The second-order valence-corrected chi connectivity index (χ2v) is 10.1. The van der Waals surface area contributed by atoms with Crippen LogP contribution in [0.4, 0.5) is 10.1 Å². The highest BCUT2D eigenvalue weighted by Crippen LogP contribution is 2.32. The van der Waals surface area contributed by atoms with Crippen molar-refractivity contribution in [3.8, 4) is 0 Å². The number of nitrogens with zero attached hydrogens (tertiary/aromatic N) is 2. The van der Waals surface area contributed by atoms with Crippen molar-refractivity contribution in [2.75, 3.05) is 11.1 Å². The molecule has 4 nitrogen and oxygen atoms in total. The lowest BCUT2D eigenvalue weighted by Crippen LogP contribution is -2.13. The third-order valence-corrected chi connectivity index (χ3v) is 7.68. The number of rotatable bonds is 7. The maximum atomic E-state index is 13.2. The summed E-state index contributed by atoms with van der Waals surface area (Å²) >= 11 is 10.1. The summed E-state index contributed by atoms with van der Waals surface area (Å²) in [5.74, 6) is 0.235. The maximum absolute atomic E-state index is 13.2. The molecule has 0 atom stereocenters. The van der Waals surface area contributed by atoms with E-state index >= 15 is 0 Å². The molecule has 9 heteroatoms. The highest BCUT2D eigenvalue weighted by molar-refractivity contribution is 8.03. The van der Waals surface area contributed by atoms with Crippen molar-refractivity contribution in [1.29, 1.82) is 0 Å². The molecule has 1 aromatic heterocycles. The number of benzene rings is 3. The Hall–Kier alpha value is -2.13. The van der Waals surface area contributed by atoms with Gasteiger partial charge < -0.3 is 5.32 Å². The quantitative estimate of drug-likeness (QED) is 0.309. The Bertz CT molecular complexity index is 1200. The van der Waals surface area contributed by atoms with Gasteiger partial charge in [0.15, 0.2) is 8.68 Å². The molecule has 0 spiro atoms. The van der Waals surface area contributed by atoms with Crippen LogP contribution in [0, 0.1) is 5.82 Å². The predicted octanol–water partition coefficient (Wildman–Crippen LogP) is 6.51. The van der Waals surface area contributed by atoms with Crippen LogP contribution in [0.5, 0.6) is 0 Å². The third-order valence-electron chi connectivity index (χ3n) is 4.15. The van der Waals surface area contributed by atoms with Crippen molar-refractivity contribution < 1.29 is 9.18 Å². The first-order valence-electron chi connectivity index (χ1n) is 8.89. The van der Waals surface area contributed by atoms with Gasteiger partial charge in [0.1, 0.15) is 5.82 Å². The average Bonchev–Trinajstić information content (AvgIpc) is 3.21.